The van der Waals surface area contributed by atoms with Crippen molar-refractivity contribution in [1.82, 2.24) is 0 Å². The van der Waals surface area contributed by atoms with E-state index in [1.165, 1.54) is 32.1 Å². The molecule has 1 rings (SSSR count). The molecule has 0 fully saturated rings. The Labute approximate surface area is 116 Å². The van der Waals surface area contributed by atoms with Gasteiger partial charge in [0.1, 0.15) is 12.4 Å². The molecule has 0 aliphatic carbocycles. The summed E-state index contributed by atoms with van der Waals surface area (Å²) in [4.78, 5) is 0. The number of benzene rings is 1. The van der Waals surface area contributed by atoms with Crippen molar-refractivity contribution < 1.29 is 9.84 Å². The molecule has 19 heavy (non-hydrogen) atoms. The molecule has 0 saturated carbocycles. The van der Waals surface area contributed by atoms with Crippen LogP contribution in [0.25, 0.3) is 0 Å². The lowest BCUT2D eigenvalue weighted by Crippen LogP contribution is -1.97. The second-order valence-corrected chi connectivity index (χ2v) is 4.60. The summed E-state index contributed by atoms with van der Waals surface area (Å²) in [7, 11) is 0. The van der Waals surface area contributed by atoms with Crippen molar-refractivity contribution in [3.63, 3.8) is 0 Å². The Morgan fingerprint density at radius 1 is 1.11 bits per heavy atom. The van der Waals surface area contributed by atoms with Gasteiger partial charge >= 0.3 is 0 Å². The summed E-state index contributed by atoms with van der Waals surface area (Å²) in [5.74, 6) is 6.38. The predicted octanol–water partition coefficient (Wildman–Crippen LogP) is 3.77. The minimum absolute atomic E-state index is 0.108. The highest BCUT2D eigenvalue weighted by atomic mass is 16.5. The van der Waals surface area contributed by atoms with E-state index in [4.69, 9.17) is 9.84 Å². The maximum atomic E-state index is 8.65. The number of hydrogen-bond acceptors (Lipinski definition) is 2. The standard InChI is InChI=1S/C17H24O2/c1-2-3-4-5-6-7-14-19-17-12-8-10-16(15-17)11-9-13-18/h8,10,12,15,18H,2-7,13-14H2,1H3. The van der Waals surface area contributed by atoms with Gasteiger partial charge in [-0.2, -0.15) is 0 Å². The number of aliphatic hydroxyl groups is 1. The van der Waals surface area contributed by atoms with E-state index >= 15 is 0 Å². The van der Waals surface area contributed by atoms with Gasteiger partial charge in [0.15, 0.2) is 0 Å². The highest BCUT2D eigenvalue weighted by molar-refractivity contribution is 5.39. The zero-order chi connectivity index (χ0) is 13.8. The molecule has 0 aromatic heterocycles. The van der Waals surface area contributed by atoms with Crippen molar-refractivity contribution in [3.05, 3.63) is 29.8 Å². The predicted molar refractivity (Wildman–Crippen MR) is 79.3 cm³/mol. The van der Waals surface area contributed by atoms with Crippen LogP contribution in [0.3, 0.4) is 0 Å². The SMILES string of the molecule is CCCCCCCCOc1cccc(C#CCO)c1. The van der Waals surface area contributed by atoms with Crippen LogP contribution in [0.1, 0.15) is 51.0 Å². The summed E-state index contributed by atoms with van der Waals surface area (Å²) < 4.78 is 5.70. The van der Waals surface area contributed by atoms with Crippen molar-refractivity contribution >= 4 is 0 Å². The number of hydrogen-bond donors (Lipinski definition) is 1. The Kier molecular flexibility index (Phi) is 8.59. The third-order valence-corrected chi connectivity index (χ3v) is 2.91. The lowest BCUT2D eigenvalue weighted by atomic mass is 10.1. The second kappa shape index (κ2) is 10.5. The molecule has 2 heteroatoms. The molecule has 0 spiro atoms. The van der Waals surface area contributed by atoms with Gasteiger partial charge in [0, 0.05) is 5.56 Å². The summed E-state index contributed by atoms with van der Waals surface area (Å²) in [5, 5.41) is 8.65. The van der Waals surface area contributed by atoms with Gasteiger partial charge in [-0.1, -0.05) is 56.9 Å². The Morgan fingerprint density at radius 2 is 1.89 bits per heavy atom. The molecule has 1 aromatic rings. The van der Waals surface area contributed by atoms with E-state index in [2.05, 4.69) is 18.8 Å². The van der Waals surface area contributed by atoms with Crippen LogP contribution in [0, 0.1) is 11.8 Å². The number of rotatable bonds is 8. The lowest BCUT2D eigenvalue weighted by Gasteiger charge is -2.06. The summed E-state index contributed by atoms with van der Waals surface area (Å²) >= 11 is 0. The van der Waals surface area contributed by atoms with E-state index in [1.54, 1.807) is 0 Å². The molecule has 0 radical (unpaired) electrons. The fourth-order valence-corrected chi connectivity index (χ4v) is 1.88. The second-order valence-electron chi connectivity index (χ2n) is 4.60. The van der Waals surface area contributed by atoms with E-state index < -0.39 is 0 Å². The summed E-state index contributed by atoms with van der Waals surface area (Å²) in [6.07, 6.45) is 7.62. The van der Waals surface area contributed by atoms with Crippen molar-refractivity contribution in [2.24, 2.45) is 0 Å². The van der Waals surface area contributed by atoms with Crippen LogP contribution >= 0.6 is 0 Å². The Morgan fingerprint density at radius 3 is 2.68 bits per heavy atom. The molecule has 104 valence electrons. The quantitative estimate of drug-likeness (QED) is 0.569. The number of aliphatic hydroxyl groups excluding tert-OH is 1. The minimum Gasteiger partial charge on any atom is -0.494 e. The summed E-state index contributed by atoms with van der Waals surface area (Å²) in [6.45, 7) is 2.89. The first-order chi connectivity index (χ1) is 9.36. The highest BCUT2D eigenvalue weighted by Gasteiger charge is 1.95. The van der Waals surface area contributed by atoms with Crippen molar-refractivity contribution in [3.8, 4) is 17.6 Å². The normalized spacial score (nSPS) is 9.79. The van der Waals surface area contributed by atoms with Gasteiger partial charge in [-0.3, -0.25) is 0 Å². The summed E-state index contributed by atoms with van der Waals surface area (Å²) in [5.41, 5.74) is 0.884. The average Bonchev–Trinajstić information content (AvgIpc) is 2.44. The van der Waals surface area contributed by atoms with Crippen LogP contribution in [-0.2, 0) is 0 Å². The topological polar surface area (TPSA) is 29.5 Å². The number of unbranched alkanes of at least 4 members (excludes halogenated alkanes) is 5. The van der Waals surface area contributed by atoms with Crippen LogP contribution in [0.15, 0.2) is 24.3 Å². The van der Waals surface area contributed by atoms with Crippen LogP contribution in [-0.4, -0.2) is 18.3 Å². The van der Waals surface area contributed by atoms with Gasteiger partial charge in [0.2, 0.25) is 0 Å². The molecule has 2 nitrogen and oxygen atoms in total. The molecular weight excluding hydrogens is 236 g/mol. The Balaban J connectivity index is 2.22. The zero-order valence-corrected chi connectivity index (χ0v) is 11.8. The maximum Gasteiger partial charge on any atom is 0.120 e. The first kappa shape index (κ1) is 15.6. The van der Waals surface area contributed by atoms with Crippen LogP contribution in [0.2, 0.25) is 0 Å². The molecule has 0 saturated heterocycles. The molecule has 0 amide bonds. The molecule has 0 heterocycles. The van der Waals surface area contributed by atoms with Gasteiger partial charge in [0.25, 0.3) is 0 Å². The van der Waals surface area contributed by atoms with Gasteiger partial charge in [-0.05, 0) is 24.6 Å². The molecule has 1 aromatic carbocycles. The van der Waals surface area contributed by atoms with E-state index in [-0.39, 0.29) is 6.61 Å². The fraction of sp³-hybridized carbons (Fsp3) is 0.529. The Bertz CT molecular complexity index is 401. The Hall–Kier alpha value is -1.46. The average molecular weight is 260 g/mol. The molecule has 0 atom stereocenters. The van der Waals surface area contributed by atoms with Crippen molar-refractivity contribution in [2.75, 3.05) is 13.2 Å². The smallest absolute Gasteiger partial charge is 0.120 e. The van der Waals surface area contributed by atoms with Crippen molar-refractivity contribution in [1.29, 1.82) is 0 Å². The third-order valence-electron chi connectivity index (χ3n) is 2.91. The van der Waals surface area contributed by atoms with Crippen LogP contribution < -0.4 is 4.74 Å². The molecule has 0 aliphatic rings. The minimum atomic E-state index is -0.108. The first-order valence-electron chi connectivity index (χ1n) is 7.19. The van der Waals surface area contributed by atoms with E-state index in [9.17, 15) is 0 Å². The van der Waals surface area contributed by atoms with Gasteiger partial charge in [0.05, 0.1) is 6.61 Å². The first-order valence-corrected chi connectivity index (χ1v) is 7.19. The molecule has 0 bridgehead atoms. The largest absolute Gasteiger partial charge is 0.494 e. The fourth-order valence-electron chi connectivity index (χ4n) is 1.88. The molecule has 0 unspecified atom stereocenters. The van der Waals surface area contributed by atoms with Gasteiger partial charge in [-0.15, -0.1) is 0 Å². The van der Waals surface area contributed by atoms with E-state index in [0.717, 1.165) is 24.3 Å². The van der Waals surface area contributed by atoms with Gasteiger partial charge < -0.3 is 9.84 Å². The third kappa shape index (κ3) is 7.54. The molecule has 1 N–H and O–H groups in total. The number of ether oxygens (including phenoxy) is 1. The molecular formula is C17H24O2. The van der Waals surface area contributed by atoms with Crippen LogP contribution in [0.4, 0.5) is 0 Å². The van der Waals surface area contributed by atoms with E-state index in [1.807, 2.05) is 24.3 Å². The van der Waals surface area contributed by atoms with E-state index in [0.29, 0.717) is 0 Å². The maximum absolute atomic E-state index is 8.65. The monoisotopic (exact) mass is 260 g/mol. The van der Waals surface area contributed by atoms with Gasteiger partial charge in [-0.25, -0.2) is 0 Å². The zero-order valence-electron chi connectivity index (χ0n) is 11.8. The van der Waals surface area contributed by atoms with Crippen molar-refractivity contribution in [2.45, 2.75) is 45.4 Å². The lowest BCUT2D eigenvalue weighted by molar-refractivity contribution is 0.304. The summed E-state index contributed by atoms with van der Waals surface area (Å²) in [6, 6.07) is 7.71. The molecule has 0 aliphatic heterocycles. The highest BCUT2D eigenvalue weighted by Crippen LogP contribution is 2.13. The van der Waals surface area contributed by atoms with Crippen LogP contribution in [0.5, 0.6) is 5.75 Å².